The number of hydrogen-bond donors (Lipinski definition) is 4. The Kier molecular flexibility index (Phi) is 5.11. The van der Waals surface area contributed by atoms with E-state index in [1.165, 1.54) is 6.20 Å². The average Bonchev–Trinajstić information content (AvgIpc) is 3.04. The molecule has 0 aliphatic heterocycles. The van der Waals surface area contributed by atoms with Crippen LogP contribution in [0.2, 0.25) is 5.28 Å². The largest absolute Gasteiger partial charge is 0.479 e. The Bertz CT molecular complexity index is 942. The van der Waals surface area contributed by atoms with E-state index in [0.717, 1.165) is 16.5 Å². The van der Waals surface area contributed by atoms with E-state index in [1.807, 2.05) is 37.4 Å². The van der Waals surface area contributed by atoms with Gasteiger partial charge in [0, 0.05) is 41.8 Å². The number of aromatic amines is 1. The SMILES string of the molecule is CCC(Cc1c[nH]c2ccccc12)(Nc1nc(Cl)ncc1CN)C(=O)O. The fraction of sp³-hybridized carbons (Fsp3) is 0.278. The fourth-order valence-corrected chi connectivity index (χ4v) is 3.14. The van der Waals surface area contributed by atoms with Crippen LogP contribution in [0, 0.1) is 0 Å². The van der Waals surface area contributed by atoms with Crippen LogP contribution in [-0.4, -0.2) is 31.6 Å². The van der Waals surface area contributed by atoms with E-state index in [0.29, 0.717) is 17.8 Å². The van der Waals surface area contributed by atoms with Crippen molar-refractivity contribution in [3.63, 3.8) is 0 Å². The molecule has 2 aromatic heterocycles. The van der Waals surface area contributed by atoms with Gasteiger partial charge in [-0.25, -0.2) is 14.8 Å². The van der Waals surface area contributed by atoms with Crippen LogP contribution in [0.4, 0.5) is 5.82 Å². The monoisotopic (exact) mass is 373 g/mol. The molecule has 0 spiro atoms. The van der Waals surface area contributed by atoms with Gasteiger partial charge >= 0.3 is 5.97 Å². The summed E-state index contributed by atoms with van der Waals surface area (Å²) in [7, 11) is 0. The molecular formula is C18H20ClN5O2. The first kappa shape index (κ1) is 18.2. The minimum atomic E-state index is -1.26. The van der Waals surface area contributed by atoms with Crippen molar-refractivity contribution >= 4 is 34.3 Å². The van der Waals surface area contributed by atoms with E-state index in [1.54, 1.807) is 0 Å². The molecule has 26 heavy (non-hydrogen) atoms. The molecule has 136 valence electrons. The Hall–Kier alpha value is -2.64. The van der Waals surface area contributed by atoms with E-state index < -0.39 is 11.5 Å². The number of rotatable bonds is 7. The van der Waals surface area contributed by atoms with Crippen LogP contribution in [-0.2, 0) is 17.8 Å². The van der Waals surface area contributed by atoms with Crippen LogP contribution in [0.5, 0.6) is 0 Å². The molecule has 1 unspecified atom stereocenters. The summed E-state index contributed by atoms with van der Waals surface area (Å²) < 4.78 is 0. The second-order valence-electron chi connectivity index (χ2n) is 6.12. The predicted molar refractivity (Wildman–Crippen MR) is 101 cm³/mol. The maximum atomic E-state index is 12.2. The first-order valence-electron chi connectivity index (χ1n) is 8.27. The number of hydrogen-bond acceptors (Lipinski definition) is 5. The van der Waals surface area contributed by atoms with Gasteiger partial charge in [-0.15, -0.1) is 0 Å². The molecule has 0 radical (unpaired) electrons. The summed E-state index contributed by atoms with van der Waals surface area (Å²) in [5.41, 5.74) is 6.95. The first-order chi connectivity index (χ1) is 12.5. The molecule has 3 rings (SSSR count). The molecule has 2 heterocycles. The van der Waals surface area contributed by atoms with E-state index >= 15 is 0 Å². The molecule has 3 aromatic rings. The summed E-state index contributed by atoms with van der Waals surface area (Å²) in [4.78, 5) is 23.5. The third-order valence-corrected chi connectivity index (χ3v) is 4.77. The van der Waals surface area contributed by atoms with Gasteiger partial charge in [0.2, 0.25) is 5.28 Å². The zero-order valence-electron chi connectivity index (χ0n) is 14.3. The van der Waals surface area contributed by atoms with Gasteiger partial charge in [-0.05, 0) is 29.7 Å². The molecule has 0 amide bonds. The number of benzene rings is 1. The maximum Gasteiger partial charge on any atom is 0.329 e. The third-order valence-electron chi connectivity index (χ3n) is 4.59. The minimum absolute atomic E-state index is 0.0344. The lowest BCUT2D eigenvalue weighted by atomic mass is 9.87. The van der Waals surface area contributed by atoms with Crippen LogP contribution in [0.1, 0.15) is 24.5 Å². The molecule has 0 bridgehead atoms. The highest BCUT2D eigenvalue weighted by atomic mass is 35.5. The molecule has 5 N–H and O–H groups in total. The van der Waals surface area contributed by atoms with Gasteiger partial charge in [0.15, 0.2) is 0 Å². The fourth-order valence-electron chi connectivity index (χ4n) is 3.01. The Labute approximate surface area is 155 Å². The van der Waals surface area contributed by atoms with Gasteiger partial charge in [-0.3, -0.25) is 0 Å². The highest BCUT2D eigenvalue weighted by molar-refractivity contribution is 6.28. The molecule has 0 saturated carbocycles. The Balaban J connectivity index is 2.02. The van der Waals surface area contributed by atoms with Crippen molar-refractivity contribution in [2.45, 2.75) is 31.8 Å². The molecule has 0 aliphatic rings. The quantitative estimate of drug-likeness (QED) is 0.473. The number of nitrogens with zero attached hydrogens (tertiary/aromatic N) is 2. The van der Waals surface area contributed by atoms with Crippen molar-refractivity contribution < 1.29 is 9.90 Å². The van der Waals surface area contributed by atoms with E-state index in [4.69, 9.17) is 17.3 Å². The summed E-state index contributed by atoms with van der Waals surface area (Å²) in [6, 6.07) is 7.79. The Morgan fingerprint density at radius 3 is 2.85 bits per heavy atom. The van der Waals surface area contributed by atoms with Crippen LogP contribution in [0.15, 0.2) is 36.7 Å². The number of fused-ring (bicyclic) bond motifs is 1. The highest BCUT2D eigenvalue weighted by Crippen LogP contribution is 2.29. The van der Waals surface area contributed by atoms with Gasteiger partial charge in [-0.2, -0.15) is 0 Å². The Morgan fingerprint density at radius 1 is 1.38 bits per heavy atom. The van der Waals surface area contributed by atoms with Crippen molar-refractivity contribution in [3.05, 3.63) is 53.1 Å². The molecule has 0 aliphatic carbocycles. The molecule has 0 saturated heterocycles. The third kappa shape index (κ3) is 3.36. The molecule has 1 aromatic carbocycles. The number of nitrogens with two attached hydrogens (primary N) is 1. The summed E-state index contributed by atoms with van der Waals surface area (Å²) in [5.74, 6) is -0.625. The zero-order chi connectivity index (χ0) is 18.7. The van der Waals surface area contributed by atoms with Crippen molar-refractivity contribution in [3.8, 4) is 0 Å². The Morgan fingerprint density at radius 2 is 2.15 bits per heavy atom. The average molecular weight is 374 g/mol. The molecule has 8 heteroatoms. The lowest BCUT2D eigenvalue weighted by molar-refractivity contribution is -0.142. The normalized spacial score (nSPS) is 13.5. The zero-order valence-corrected chi connectivity index (χ0v) is 15.0. The number of aromatic nitrogens is 3. The highest BCUT2D eigenvalue weighted by Gasteiger charge is 2.38. The number of H-pyrrole nitrogens is 1. The summed E-state index contributed by atoms with van der Waals surface area (Å²) in [6.07, 6.45) is 3.96. The molecule has 0 fully saturated rings. The van der Waals surface area contributed by atoms with Gasteiger partial charge in [0.25, 0.3) is 0 Å². The summed E-state index contributed by atoms with van der Waals surface area (Å²) >= 11 is 5.89. The van der Waals surface area contributed by atoms with Gasteiger partial charge in [0.1, 0.15) is 11.4 Å². The maximum absolute atomic E-state index is 12.2. The number of carboxylic acids is 1. The van der Waals surface area contributed by atoms with Crippen LogP contribution in [0.3, 0.4) is 0 Å². The number of carboxylic acid groups (broad SMARTS) is 1. The summed E-state index contributed by atoms with van der Waals surface area (Å²) in [5, 5.41) is 14.1. The number of aliphatic carboxylic acids is 1. The van der Waals surface area contributed by atoms with E-state index in [-0.39, 0.29) is 18.2 Å². The van der Waals surface area contributed by atoms with Crippen molar-refractivity contribution in [2.75, 3.05) is 5.32 Å². The number of anilines is 1. The van der Waals surface area contributed by atoms with Crippen molar-refractivity contribution in [1.29, 1.82) is 0 Å². The van der Waals surface area contributed by atoms with Gasteiger partial charge in [-0.1, -0.05) is 25.1 Å². The second-order valence-corrected chi connectivity index (χ2v) is 6.46. The molecular weight excluding hydrogens is 354 g/mol. The van der Waals surface area contributed by atoms with E-state index in [9.17, 15) is 9.90 Å². The van der Waals surface area contributed by atoms with Gasteiger partial charge < -0.3 is 21.1 Å². The smallest absolute Gasteiger partial charge is 0.329 e. The van der Waals surface area contributed by atoms with Crippen LogP contribution < -0.4 is 11.1 Å². The second kappa shape index (κ2) is 7.31. The van der Waals surface area contributed by atoms with Crippen molar-refractivity contribution in [2.24, 2.45) is 5.73 Å². The van der Waals surface area contributed by atoms with Gasteiger partial charge in [0.05, 0.1) is 0 Å². The number of carbonyl (C=O) groups is 1. The van der Waals surface area contributed by atoms with Crippen LogP contribution in [0.25, 0.3) is 10.9 Å². The van der Waals surface area contributed by atoms with Crippen molar-refractivity contribution in [1.82, 2.24) is 15.0 Å². The number of para-hydroxylation sites is 1. The molecule has 7 nitrogen and oxygen atoms in total. The predicted octanol–water partition coefficient (Wildman–Crippen LogP) is 2.96. The topological polar surface area (TPSA) is 117 Å². The minimum Gasteiger partial charge on any atom is -0.479 e. The summed E-state index contributed by atoms with van der Waals surface area (Å²) in [6.45, 7) is 1.99. The number of halogens is 1. The molecule has 1 atom stereocenters. The lowest BCUT2D eigenvalue weighted by Crippen LogP contribution is -2.48. The lowest BCUT2D eigenvalue weighted by Gasteiger charge is -2.30. The standard InChI is InChI=1S/C18H20ClN5O2/c1-2-18(16(25)26,24-15-12(8-20)10-22-17(19)23-15)7-11-9-21-14-6-4-3-5-13(11)14/h3-6,9-10,21H,2,7-8,20H2,1H3,(H,25,26)(H,22,23,24). The van der Waals surface area contributed by atoms with E-state index in [2.05, 4.69) is 20.3 Å². The number of nitrogens with one attached hydrogen (secondary N) is 2. The first-order valence-corrected chi connectivity index (χ1v) is 8.65. The van der Waals surface area contributed by atoms with Crippen LogP contribution >= 0.6 is 11.6 Å².